The number of esters is 4. The molecule has 0 radical (unpaired) electrons. The van der Waals surface area contributed by atoms with E-state index >= 15 is 0 Å². The number of carbonyl (C=O) groups excluding carboxylic acids is 4. The summed E-state index contributed by atoms with van der Waals surface area (Å²) < 4.78 is 32.6. The first-order valence-electron chi connectivity index (χ1n) is 24.1. The van der Waals surface area contributed by atoms with Crippen molar-refractivity contribution in [1.82, 2.24) is 0 Å². The van der Waals surface area contributed by atoms with Crippen LogP contribution in [0.5, 0.6) is 23.0 Å². The van der Waals surface area contributed by atoms with Gasteiger partial charge in [-0.3, -0.25) is 4.79 Å². The van der Waals surface area contributed by atoms with Crippen molar-refractivity contribution in [3.63, 3.8) is 0 Å². The van der Waals surface area contributed by atoms with Crippen LogP contribution in [0.4, 0.5) is 0 Å². The summed E-state index contributed by atoms with van der Waals surface area (Å²) in [6.45, 7) is 9.24. The van der Waals surface area contributed by atoms with Crippen molar-refractivity contribution in [2.45, 2.75) is 71.6 Å². The highest BCUT2D eigenvalue weighted by Gasteiger charge is 2.13. The Labute approximate surface area is 432 Å². The third kappa shape index (κ3) is 19.2. The summed E-state index contributed by atoms with van der Waals surface area (Å²) in [6.07, 6.45) is 8.67. The van der Waals surface area contributed by atoms with Gasteiger partial charge in [0.15, 0.2) is 0 Å². The topological polar surface area (TPSA) is 171 Å². The van der Waals surface area contributed by atoms with Crippen LogP contribution in [0.1, 0.15) is 101 Å². The van der Waals surface area contributed by atoms with Crippen LogP contribution in [-0.4, -0.2) is 56.2 Å². The molecule has 0 aliphatic heterocycles. The van der Waals surface area contributed by atoms with Crippen molar-refractivity contribution in [3.05, 3.63) is 179 Å². The Balaban J connectivity index is 0.000000271. The van der Waals surface area contributed by atoms with Gasteiger partial charge in [0.05, 0.1) is 67.2 Å². The first-order valence-corrected chi connectivity index (χ1v) is 24.7. The molecule has 73 heavy (non-hydrogen) atoms. The van der Waals surface area contributed by atoms with Gasteiger partial charge in [-0.15, -0.1) is 11.6 Å². The van der Waals surface area contributed by atoms with Crippen LogP contribution in [-0.2, 0) is 19.1 Å². The number of nitriles is 2. The molecule has 0 aliphatic carbocycles. The molecule has 6 aromatic carbocycles. The Morgan fingerprint density at radius 1 is 0.507 bits per heavy atom. The van der Waals surface area contributed by atoms with Gasteiger partial charge in [-0.2, -0.15) is 10.5 Å². The Bertz CT molecular complexity index is 2830. The molecular weight excluding hydrogens is 944 g/mol. The summed E-state index contributed by atoms with van der Waals surface area (Å²) in [4.78, 5) is 47.4. The fourth-order valence-electron chi connectivity index (χ4n) is 7.26. The van der Waals surface area contributed by atoms with Crippen LogP contribution in [0, 0.1) is 36.5 Å². The van der Waals surface area contributed by atoms with Gasteiger partial charge in [-0.1, -0.05) is 43.0 Å². The zero-order chi connectivity index (χ0) is 52.2. The van der Waals surface area contributed by atoms with E-state index in [4.69, 9.17) is 50.5 Å². The molecule has 0 unspecified atom stereocenters. The largest absolute Gasteiger partial charge is 0.494 e. The highest BCUT2D eigenvalue weighted by molar-refractivity contribution is 6.18. The van der Waals surface area contributed by atoms with Crippen molar-refractivity contribution in [3.8, 4) is 57.4 Å². The second kappa shape index (κ2) is 30.5. The van der Waals surface area contributed by atoms with E-state index in [1.165, 1.54) is 0 Å². The van der Waals surface area contributed by atoms with Gasteiger partial charge in [-0.05, 0) is 196 Å². The van der Waals surface area contributed by atoms with Crippen molar-refractivity contribution in [2.24, 2.45) is 0 Å². The summed E-state index contributed by atoms with van der Waals surface area (Å²) in [5.41, 5.74) is 8.03. The number of alkyl halides is 1. The lowest BCUT2D eigenvalue weighted by atomic mass is 9.99. The Hall–Kier alpha value is -8.19. The Morgan fingerprint density at radius 2 is 0.890 bits per heavy atom. The van der Waals surface area contributed by atoms with E-state index in [-0.39, 0.29) is 18.3 Å². The van der Waals surface area contributed by atoms with E-state index in [1.54, 1.807) is 84.9 Å². The van der Waals surface area contributed by atoms with E-state index in [9.17, 15) is 19.2 Å². The number of hydrogen-bond donors (Lipinski definition) is 0. The molecule has 0 saturated heterocycles. The van der Waals surface area contributed by atoms with Crippen LogP contribution in [0.15, 0.2) is 146 Å². The predicted molar refractivity (Wildman–Crippen MR) is 281 cm³/mol. The zero-order valence-electron chi connectivity index (χ0n) is 41.2. The number of carbonyl (C=O) groups is 4. The normalized spacial score (nSPS) is 10.3. The number of halogens is 1. The van der Waals surface area contributed by atoms with E-state index < -0.39 is 17.9 Å². The summed E-state index contributed by atoms with van der Waals surface area (Å²) in [5.74, 6) is 1.07. The molecule has 0 N–H and O–H groups in total. The number of unbranched alkanes of at least 4 members (excludes halogenated alkanes) is 6. The molecule has 0 amide bonds. The Morgan fingerprint density at radius 3 is 1.26 bits per heavy atom. The average molecular weight is 1000 g/mol. The molecule has 0 heterocycles. The minimum Gasteiger partial charge on any atom is -0.494 e. The van der Waals surface area contributed by atoms with Crippen molar-refractivity contribution < 1.29 is 47.6 Å². The smallest absolute Gasteiger partial charge is 0.343 e. The Kier molecular flexibility index (Phi) is 23.3. The molecule has 0 saturated carbocycles. The van der Waals surface area contributed by atoms with E-state index in [0.29, 0.717) is 71.7 Å². The number of aryl methyl sites for hydroxylation is 2. The van der Waals surface area contributed by atoms with Gasteiger partial charge in [-0.25, -0.2) is 14.4 Å². The molecule has 0 aromatic heterocycles. The highest BCUT2D eigenvalue weighted by Crippen LogP contribution is 2.29. The summed E-state index contributed by atoms with van der Waals surface area (Å²) in [5, 5.41) is 17.9. The third-order valence-corrected chi connectivity index (χ3v) is 11.4. The van der Waals surface area contributed by atoms with Gasteiger partial charge in [0, 0.05) is 12.0 Å². The van der Waals surface area contributed by atoms with Gasteiger partial charge < -0.3 is 28.4 Å². The third-order valence-electron chi connectivity index (χ3n) is 11.2. The molecular formula is C60H59ClN2O10. The lowest BCUT2D eigenvalue weighted by Crippen LogP contribution is -2.08. The van der Waals surface area contributed by atoms with Crippen LogP contribution in [0.2, 0.25) is 0 Å². The maximum absolute atomic E-state index is 12.6. The summed E-state index contributed by atoms with van der Waals surface area (Å²) >= 11 is 5.49. The van der Waals surface area contributed by atoms with E-state index in [0.717, 1.165) is 90.8 Å². The van der Waals surface area contributed by atoms with Crippen LogP contribution in [0.25, 0.3) is 22.3 Å². The first kappa shape index (κ1) is 55.7. The van der Waals surface area contributed by atoms with Crippen LogP contribution in [0.3, 0.4) is 0 Å². The molecule has 6 rings (SSSR count). The minimum atomic E-state index is -0.441. The SMILES string of the molecule is C=CC(=O)OCCCCCCOc1ccc(C(=O)Oc2ccc(-c3ccc(C#N)cc3)c(C)c2)cc1.Cc1cc(OC(=O)c2ccc(OCCCCCCOC(=O)CCCl)cc2)ccc1-c1ccc(C#N)cc1. The second-order valence-electron chi connectivity index (χ2n) is 16.7. The van der Waals surface area contributed by atoms with Crippen molar-refractivity contribution in [2.75, 3.05) is 32.3 Å². The maximum Gasteiger partial charge on any atom is 0.343 e. The quantitative estimate of drug-likeness (QED) is 0.0175. The number of ether oxygens (including phenoxy) is 6. The maximum atomic E-state index is 12.6. The standard InChI is InChI=1S/C30H30ClNO5.C30H29NO5/c1-22-20-27(14-15-28(22)24-8-6-23(21-32)7-9-24)37-30(34)25-10-12-26(13-11-25)35-18-4-2-3-5-19-36-29(33)16-17-31;1-3-29(32)35-19-7-5-4-6-18-34-26-14-12-25(13-15-26)30(33)36-27-16-17-28(22(2)20-27)24-10-8-23(21-31)9-11-24/h6-15,20H,2-5,16-19H2,1H3;3,8-17,20H,1,4-7,18-19H2,2H3. The number of nitrogens with zero attached hydrogens (tertiary/aromatic N) is 2. The molecule has 6 aromatic rings. The van der Waals surface area contributed by atoms with E-state index in [2.05, 4.69) is 18.7 Å². The molecule has 376 valence electrons. The lowest BCUT2D eigenvalue weighted by molar-refractivity contribution is -0.143. The molecule has 0 atom stereocenters. The zero-order valence-corrected chi connectivity index (χ0v) is 42.0. The van der Waals surface area contributed by atoms with Crippen LogP contribution < -0.4 is 18.9 Å². The monoisotopic (exact) mass is 1000 g/mol. The fraction of sp³-hybridized carbons (Fsp3) is 0.267. The second-order valence-corrected chi connectivity index (χ2v) is 17.1. The van der Waals surface area contributed by atoms with Gasteiger partial charge in [0.2, 0.25) is 0 Å². The number of benzene rings is 6. The molecule has 0 fully saturated rings. The summed E-state index contributed by atoms with van der Waals surface area (Å²) in [6, 6.07) is 43.7. The number of rotatable bonds is 25. The average Bonchev–Trinajstić information content (AvgIpc) is 3.41. The minimum absolute atomic E-state index is 0.250. The first-order chi connectivity index (χ1) is 35.5. The molecule has 0 bridgehead atoms. The molecule has 12 nitrogen and oxygen atoms in total. The van der Waals surface area contributed by atoms with Gasteiger partial charge in [0.25, 0.3) is 0 Å². The molecule has 0 aliphatic rings. The fourth-order valence-corrected chi connectivity index (χ4v) is 7.42. The van der Waals surface area contributed by atoms with Crippen LogP contribution >= 0.6 is 11.6 Å². The van der Waals surface area contributed by atoms with E-state index in [1.807, 2.05) is 62.4 Å². The number of hydrogen-bond acceptors (Lipinski definition) is 12. The van der Waals surface area contributed by atoms with Gasteiger partial charge in [0.1, 0.15) is 23.0 Å². The van der Waals surface area contributed by atoms with Crippen molar-refractivity contribution in [1.29, 1.82) is 10.5 Å². The van der Waals surface area contributed by atoms with Crippen molar-refractivity contribution >= 4 is 35.5 Å². The van der Waals surface area contributed by atoms with Gasteiger partial charge >= 0.3 is 23.9 Å². The summed E-state index contributed by atoms with van der Waals surface area (Å²) in [7, 11) is 0. The highest BCUT2D eigenvalue weighted by atomic mass is 35.5. The predicted octanol–water partition coefficient (Wildman–Crippen LogP) is 13.3. The molecule has 13 heteroatoms. The lowest BCUT2D eigenvalue weighted by Gasteiger charge is -2.10. The molecule has 0 spiro atoms.